The molecule has 9 fully saturated rings. The fourth-order valence-electron chi connectivity index (χ4n) is 13.7. The number of esters is 2. The molecule has 32 nitrogen and oxygen atoms in total. The van der Waals surface area contributed by atoms with Crippen molar-refractivity contribution in [2.45, 2.75) is 267 Å². The number of hydrogen-bond donors (Lipinski definition) is 19. The lowest BCUT2D eigenvalue weighted by molar-refractivity contribution is -0.380. The lowest BCUT2D eigenvalue weighted by atomic mass is 9.72. The van der Waals surface area contributed by atoms with E-state index in [1.165, 1.54) is 12.2 Å². The first-order valence-corrected chi connectivity index (χ1v) is 30.7. The second-order valence-corrected chi connectivity index (χ2v) is 25.3. The van der Waals surface area contributed by atoms with E-state index in [9.17, 15) is 107 Å². The van der Waals surface area contributed by atoms with Gasteiger partial charge < -0.3 is 149 Å². The van der Waals surface area contributed by atoms with Crippen LogP contribution in [0, 0.1) is 23.7 Å². The highest BCUT2D eigenvalue weighted by molar-refractivity contribution is 5.82. The van der Waals surface area contributed by atoms with E-state index in [1.807, 2.05) is 0 Å². The Morgan fingerprint density at radius 2 is 0.831 bits per heavy atom. The summed E-state index contributed by atoms with van der Waals surface area (Å²) in [5, 5.41) is 204. The summed E-state index contributed by atoms with van der Waals surface area (Å²) in [6.45, 7) is -3.00. The van der Waals surface area contributed by atoms with Crippen LogP contribution in [0.1, 0.15) is 77.0 Å². The summed E-state index contributed by atoms with van der Waals surface area (Å²) in [6, 6.07) is 0. The third-order valence-corrected chi connectivity index (χ3v) is 19.1. The molecule has 0 aromatic carbocycles. The number of hydrogen-bond acceptors (Lipinski definition) is 32. The van der Waals surface area contributed by atoms with Crippen molar-refractivity contribution >= 4 is 11.9 Å². The van der Waals surface area contributed by atoms with Crippen LogP contribution in [0.25, 0.3) is 0 Å². The van der Waals surface area contributed by atoms with Gasteiger partial charge in [0.25, 0.3) is 0 Å². The lowest BCUT2D eigenvalue weighted by Gasteiger charge is -2.53. The number of carbonyl (C=O) groups is 2. The Morgan fingerprint density at radius 3 is 1.37 bits per heavy atom. The van der Waals surface area contributed by atoms with Gasteiger partial charge in [-0.2, -0.15) is 0 Å². The lowest BCUT2D eigenvalue weighted by Crippen LogP contribution is -2.66. The van der Waals surface area contributed by atoms with Gasteiger partial charge in [0, 0.05) is 24.5 Å². The van der Waals surface area contributed by atoms with Crippen molar-refractivity contribution in [2.24, 2.45) is 23.7 Å². The van der Waals surface area contributed by atoms with Gasteiger partial charge >= 0.3 is 11.9 Å². The van der Waals surface area contributed by atoms with E-state index in [0.29, 0.717) is 12.8 Å². The van der Waals surface area contributed by atoms with Gasteiger partial charge in [-0.05, 0) is 88.4 Å². The summed E-state index contributed by atoms with van der Waals surface area (Å²) in [5.74, 6) is -3.99. The first-order valence-electron chi connectivity index (χ1n) is 30.7. The predicted molar refractivity (Wildman–Crippen MR) is 289 cm³/mol. The molecule has 510 valence electrons. The van der Waals surface area contributed by atoms with Crippen LogP contribution < -0.4 is 0 Å². The molecule has 5 aliphatic heterocycles. The molecular formula is C57H90O32. The number of allylic oxidation sites excluding steroid dienone is 2. The van der Waals surface area contributed by atoms with Gasteiger partial charge in [0.05, 0.1) is 80.4 Å². The molecule has 4 aliphatic carbocycles. The molecule has 0 bridgehead atoms. The SMILES string of the molecule is O=C(C=CC1CCC(O)C(O[C@@H]2O[C@H](CO)[C@@H](O)[C@H](O)[C@H]2O)C1)OC[C@H]1O[C@@H](O[C@H]2[C@H](OC3CC4C(CC(O)CC4O[C@@H]4O[C@H](CO)[C@@H](O)[C@H](O)[C@H]4O)OC3C3CCC(O)C(O)C3)O[C@H](COC(=O)C=CC3CCC(O)C(O)C3)[C@@H](O)[C@@H]2O)[C@H](O)[C@@H](O)[C@@H]1O. The maximum Gasteiger partial charge on any atom is 0.330 e. The van der Waals surface area contributed by atoms with Crippen molar-refractivity contribution in [3.63, 3.8) is 0 Å². The minimum atomic E-state index is -2.13. The summed E-state index contributed by atoms with van der Waals surface area (Å²) in [6.07, 6.45) is -40.3. The summed E-state index contributed by atoms with van der Waals surface area (Å²) in [4.78, 5) is 26.3. The van der Waals surface area contributed by atoms with E-state index in [-0.39, 0.29) is 70.1 Å². The van der Waals surface area contributed by atoms with Crippen LogP contribution in [0.15, 0.2) is 24.3 Å². The molecule has 0 amide bonds. The first-order chi connectivity index (χ1) is 42.3. The van der Waals surface area contributed by atoms with Gasteiger partial charge in [0.15, 0.2) is 25.2 Å². The molecule has 19 N–H and O–H groups in total. The Hall–Kier alpha value is -2.70. The Bertz CT molecular complexity index is 2300. The molecule has 5 heterocycles. The molecule has 4 saturated carbocycles. The topological polar surface area (TPSA) is 520 Å². The number of fused-ring (bicyclic) bond motifs is 1. The first kappa shape index (κ1) is 70.6. The predicted octanol–water partition coefficient (Wildman–Crippen LogP) is -8.29. The molecule has 9 rings (SSSR count). The Morgan fingerprint density at radius 1 is 0.382 bits per heavy atom. The van der Waals surface area contributed by atoms with E-state index in [2.05, 4.69) is 0 Å². The maximum absolute atomic E-state index is 13.2. The maximum atomic E-state index is 13.2. The summed E-state index contributed by atoms with van der Waals surface area (Å²) in [5.41, 5.74) is 0. The molecule has 35 atom stereocenters. The van der Waals surface area contributed by atoms with Crippen molar-refractivity contribution in [2.75, 3.05) is 26.4 Å². The van der Waals surface area contributed by atoms with Crippen LogP contribution in [0.3, 0.4) is 0 Å². The molecule has 32 heteroatoms. The molecule has 0 aromatic rings. The number of ether oxygens (including phenoxy) is 11. The van der Waals surface area contributed by atoms with Gasteiger partial charge in [0.2, 0.25) is 0 Å². The molecular weight excluding hydrogens is 1200 g/mol. The van der Waals surface area contributed by atoms with Gasteiger partial charge in [-0.15, -0.1) is 0 Å². The summed E-state index contributed by atoms with van der Waals surface area (Å²) >= 11 is 0. The Kier molecular flexibility index (Phi) is 24.8. The zero-order chi connectivity index (χ0) is 64.3. The van der Waals surface area contributed by atoms with Crippen molar-refractivity contribution < 1.29 is 159 Å². The zero-order valence-electron chi connectivity index (χ0n) is 48.6. The Balaban J connectivity index is 0.921. The van der Waals surface area contributed by atoms with E-state index in [0.717, 1.165) is 12.2 Å². The second-order valence-electron chi connectivity index (χ2n) is 25.3. The average molecular weight is 1290 g/mol. The van der Waals surface area contributed by atoms with Gasteiger partial charge in [-0.3, -0.25) is 0 Å². The molecule has 15 unspecified atom stereocenters. The number of aliphatic hydroxyl groups is 19. The second kappa shape index (κ2) is 31.2. The van der Waals surface area contributed by atoms with Crippen LogP contribution in [0.4, 0.5) is 0 Å². The van der Waals surface area contributed by atoms with Crippen LogP contribution in [-0.2, 0) is 61.7 Å². The molecule has 0 radical (unpaired) electrons. The van der Waals surface area contributed by atoms with Crippen LogP contribution in [0.2, 0.25) is 0 Å². The van der Waals surface area contributed by atoms with Crippen LogP contribution >= 0.6 is 0 Å². The number of carbonyl (C=O) groups excluding carboxylic acids is 2. The zero-order valence-corrected chi connectivity index (χ0v) is 48.6. The van der Waals surface area contributed by atoms with Gasteiger partial charge in [0.1, 0.15) is 111 Å². The fourth-order valence-corrected chi connectivity index (χ4v) is 13.7. The highest BCUT2D eigenvalue weighted by Crippen LogP contribution is 2.46. The summed E-state index contributed by atoms with van der Waals surface area (Å²) in [7, 11) is 0. The van der Waals surface area contributed by atoms with Crippen molar-refractivity contribution in [3.05, 3.63) is 24.3 Å². The third kappa shape index (κ3) is 16.7. The largest absolute Gasteiger partial charge is 0.460 e. The quantitative estimate of drug-likeness (QED) is 0.0422. The molecule has 5 saturated heterocycles. The van der Waals surface area contributed by atoms with E-state index < -0.39 is 246 Å². The number of rotatable bonds is 19. The number of aliphatic hydroxyl groups excluding tert-OH is 19. The minimum Gasteiger partial charge on any atom is -0.460 e. The van der Waals surface area contributed by atoms with Gasteiger partial charge in [-0.25, -0.2) is 9.59 Å². The molecule has 9 aliphatic rings. The van der Waals surface area contributed by atoms with E-state index >= 15 is 0 Å². The van der Waals surface area contributed by atoms with E-state index in [1.54, 1.807) is 0 Å². The highest BCUT2D eigenvalue weighted by Gasteiger charge is 2.57. The smallest absolute Gasteiger partial charge is 0.330 e. The normalized spacial score (nSPS) is 50.1. The fraction of sp³-hybridized carbons (Fsp3) is 0.895. The van der Waals surface area contributed by atoms with Gasteiger partial charge in [-0.1, -0.05) is 12.2 Å². The Labute approximate surface area is 510 Å². The third-order valence-electron chi connectivity index (χ3n) is 19.1. The van der Waals surface area contributed by atoms with Crippen molar-refractivity contribution in [1.82, 2.24) is 0 Å². The molecule has 0 aromatic heterocycles. The van der Waals surface area contributed by atoms with Crippen molar-refractivity contribution in [1.29, 1.82) is 0 Å². The van der Waals surface area contributed by atoms with Crippen LogP contribution in [-0.4, -0.2) is 325 Å². The van der Waals surface area contributed by atoms with E-state index in [4.69, 9.17) is 52.1 Å². The monoisotopic (exact) mass is 1290 g/mol. The van der Waals surface area contributed by atoms with Crippen molar-refractivity contribution in [3.8, 4) is 0 Å². The van der Waals surface area contributed by atoms with Crippen LogP contribution in [0.5, 0.6) is 0 Å². The average Bonchev–Trinajstić information content (AvgIpc) is 1.42. The molecule has 89 heavy (non-hydrogen) atoms. The minimum absolute atomic E-state index is 0.0194. The molecule has 0 spiro atoms. The standard InChI is InChI=1S/C57H90O32/c58-17-35-41(68)45(72)49(76)54(85-35)82-32-15-24(60)14-31-25(32)16-34(52(81-31)23-5-8-27(62)30(65)13-23)84-57-53(48(75)44(71)38(88-57)20-80-39(66)9-3-21-1-6-26(61)29(64)11-21)89-56-51(78)47(74)43(70)37(87-56)19-79-40(67)10-4-22-2-7-28(63)33(12-22)83-55-50(77)46(73)42(69)36(18-59)86-55/h3-4,9-10,21-38,41-65,68-78H,1-2,5-8,11-20H2/t21?,22?,23?,24?,25?,26?,27?,28?,29?,30?,31?,32?,33?,34?,35-,36-,37-,38-,41-,42-,43-,44-,45+,46+,47+,48+,49-,50-,51-,52?,53-,54-,55-,56+,57-/m1/s1. The summed E-state index contributed by atoms with van der Waals surface area (Å²) < 4.78 is 65.9. The highest BCUT2D eigenvalue weighted by atomic mass is 16.8.